The molecule has 6 nitrogen and oxygen atoms in total. The van der Waals surface area contributed by atoms with E-state index in [-0.39, 0.29) is 17.3 Å². The van der Waals surface area contributed by atoms with Crippen molar-refractivity contribution in [3.05, 3.63) is 32.8 Å². The lowest BCUT2D eigenvalue weighted by Crippen LogP contribution is -2.28. The van der Waals surface area contributed by atoms with Crippen molar-refractivity contribution in [2.45, 2.75) is 13.8 Å². The summed E-state index contributed by atoms with van der Waals surface area (Å²) < 4.78 is 1.15. The topological polar surface area (TPSA) is 75.5 Å². The highest BCUT2D eigenvalue weighted by atomic mass is 79.9. The molecule has 22 heavy (non-hydrogen) atoms. The van der Waals surface area contributed by atoms with Gasteiger partial charge < -0.3 is 10.2 Å². The van der Waals surface area contributed by atoms with Crippen molar-refractivity contribution in [3.63, 3.8) is 0 Å². The van der Waals surface area contributed by atoms with E-state index in [1.807, 2.05) is 18.7 Å². The molecule has 0 spiro atoms. The minimum atomic E-state index is -0.491. The van der Waals surface area contributed by atoms with E-state index in [0.717, 1.165) is 13.1 Å². The number of non-ortho nitro benzene ring substituents is 1. The molecule has 1 N–H and O–H groups in total. The van der Waals surface area contributed by atoms with Crippen LogP contribution in [0, 0.1) is 10.1 Å². The van der Waals surface area contributed by atoms with Crippen LogP contribution < -0.4 is 5.32 Å². The van der Waals surface area contributed by atoms with Crippen molar-refractivity contribution in [2.24, 2.45) is 0 Å². The monoisotopic (exact) mass is 405 g/mol. The van der Waals surface area contributed by atoms with Gasteiger partial charge in [0.2, 0.25) is 5.91 Å². The molecule has 0 aliphatic rings. The van der Waals surface area contributed by atoms with Crippen molar-refractivity contribution >= 4 is 61.5 Å². The summed E-state index contributed by atoms with van der Waals surface area (Å²) in [5.74, 6) is -0.0206. The Bertz CT molecular complexity index is 580. The van der Waals surface area contributed by atoms with Gasteiger partial charge in [0.25, 0.3) is 5.69 Å². The highest BCUT2D eigenvalue weighted by Crippen LogP contribution is 2.27. The lowest BCUT2D eigenvalue weighted by molar-refractivity contribution is -0.384. The third-order valence-electron chi connectivity index (χ3n) is 2.79. The summed E-state index contributed by atoms with van der Waals surface area (Å²) in [5.41, 5.74) is 0.451. The molecular weight excluding hydrogens is 390 g/mol. The van der Waals surface area contributed by atoms with Gasteiger partial charge in [-0.1, -0.05) is 24.0 Å². The van der Waals surface area contributed by atoms with Crippen LogP contribution in [0.15, 0.2) is 22.7 Å². The first-order valence-electron chi connectivity index (χ1n) is 6.54. The van der Waals surface area contributed by atoms with Crippen LogP contribution in [-0.2, 0) is 4.79 Å². The summed E-state index contributed by atoms with van der Waals surface area (Å²) in [6.07, 6.45) is 0. The average Bonchev–Trinajstić information content (AvgIpc) is 2.48. The van der Waals surface area contributed by atoms with Crippen molar-refractivity contribution in [1.82, 2.24) is 4.90 Å². The molecule has 0 saturated heterocycles. The minimum Gasteiger partial charge on any atom is -0.358 e. The molecule has 0 aliphatic heterocycles. The number of anilines is 1. The molecule has 0 bridgehead atoms. The fourth-order valence-electron chi connectivity index (χ4n) is 1.61. The molecule has 0 fully saturated rings. The smallest absolute Gasteiger partial charge is 0.270 e. The number of thiocarbonyl (C=S) groups is 1. The number of nitrogens with one attached hydrogen (secondary N) is 1. The molecule has 1 amide bonds. The molecular formula is C13H16BrN3O3S2. The lowest BCUT2D eigenvalue weighted by atomic mass is 10.3. The van der Waals surface area contributed by atoms with Crippen LogP contribution in [0.5, 0.6) is 0 Å². The number of halogens is 1. The first-order chi connectivity index (χ1) is 10.4. The number of carbonyl (C=O) groups is 1. The van der Waals surface area contributed by atoms with Gasteiger partial charge in [0, 0.05) is 29.7 Å². The second-order valence-electron chi connectivity index (χ2n) is 4.20. The number of nitro benzene ring substituents is 1. The van der Waals surface area contributed by atoms with Crippen molar-refractivity contribution in [1.29, 1.82) is 0 Å². The van der Waals surface area contributed by atoms with Crippen molar-refractivity contribution in [2.75, 3.05) is 24.2 Å². The standard InChI is InChI=1S/C13H16BrN3O3S2/c1-3-16(4-2)13(21)22-8-12(18)15-11-6-5-9(17(19)20)7-10(11)14/h5-7H,3-4,8H2,1-2H3,(H,15,18). The maximum atomic E-state index is 11.9. The Labute approximate surface area is 146 Å². The number of thioether (sulfide) groups is 1. The van der Waals surface area contributed by atoms with Gasteiger partial charge in [0.15, 0.2) is 0 Å². The van der Waals surface area contributed by atoms with Crippen LogP contribution in [0.1, 0.15) is 13.8 Å². The normalized spacial score (nSPS) is 10.1. The molecule has 0 saturated carbocycles. The number of hydrogen-bond acceptors (Lipinski definition) is 5. The van der Waals surface area contributed by atoms with E-state index in [2.05, 4.69) is 21.2 Å². The van der Waals surface area contributed by atoms with E-state index in [1.165, 1.54) is 30.0 Å². The van der Waals surface area contributed by atoms with Gasteiger partial charge in [0.1, 0.15) is 4.32 Å². The minimum absolute atomic E-state index is 0.0399. The molecule has 1 rings (SSSR count). The predicted molar refractivity (Wildman–Crippen MR) is 97.4 cm³/mol. The second-order valence-corrected chi connectivity index (χ2v) is 6.66. The molecule has 1 aromatic carbocycles. The number of nitrogens with zero attached hydrogens (tertiary/aromatic N) is 2. The van der Waals surface area contributed by atoms with Gasteiger partial charge in [-0.05, 0) is 35.8 Å². The summed E-state index contributed by atoms with van der Waals surface area (Å²) in [7, 11) is 0. The summed E-state index contributed by atoms with van der Waals surface area (Å²) in [6, 6.07) is 4.19. The van der Waals surface area contributed by atoms with E-state index in [1.54, 1.807) is 0 Å². The first-order valence-corrected chi connectivity index (χ1v) is 8.73. The zero-order valence-corrected chi connectivity index (χ0v) is 15.4. The highest BCUT2D eigenvalue weighted by molar-refractivity contribution is 9.10. The van der Waals surface area contributed by atoms with Gasteiger partial charge in [-0.3, -0.25) is 14.9 Å². The Morgan fingerprint density at radius 1 is 1.45 bits per heavy atom. The highest BCUT2D eigenvalue weighted by Gasteiger charge is 2.13. The predicted octanol–water partition coefficient (Wildman–Crippen LogP) is 3.66. The molecule has 0 radical (unpaired) electrons. The molecule has 9 heteroatoms. The van der Waals surface area contributed by atoms with E-state index < -0.39 is 4.92 Å². The van der Waals surface area contributed by atoms with E-state index >= 15 is 0 Å². The number of benzene rings is 1. The van der Waals surface area contributed by atoms with Crippen LogP contribution >= 0.6 is 39.9 Å². The SMILES string of the molecule is CCN(CC)C(=S)SCC(=O)Nc1ccc([N+](=O)[O-])cc1Br. The summed E-state index contributed by atoms with van der Waals surface area (Å²) in [6.45, 7) is 5.62. The Morgan fingerprint density at radius 2 is 2.09 bits per heavy atom. The Kier molecular flexibility index (Phi) is 7.77. The van der Waals surface area contributed by atoms with Crippen molar-refractivity contribution < 1.29 is 9.72 Å². The number of nitro groups is 1. The van der Waals surface area contributed by atoms with E-state index in [4.69, 9.17) is 12.2 Å². The zero-order valence-electron chi connectivity index (χ0n) is 12.2. The fraction of sp³-hybridized carbons (Fsp3) is 0.385. The van der Waals surface area contributed by atoms with Gasteiger partial charge in [-0.2, -0.15) is 0 Å². The Morgan fingerprint density at radius 3 is 2.59 bits per heavy atom. The van der Waals surface area contributed by atoms with Gasteiger partial charge in [-0.15, -0.1) is 0 Å². The Hall–Kier alpha value is -1.19. The van der Waals surface area contributed by atoms with Crippen molar-refractivity contribution in [3.8, 4) is 0 Å². The lowest BCUT2D eigenvalue weighted by Gasteiger charge is -2.20. The number of hydrogen-bond donors (Lipinski definition) is 1. The number of rotatable bonds is 6. The molecule has 0 aliphatic carbocycles. The molecule has 0 aromatic heterocycles. The summed E-state index contributed by atoms with van der Waals surface area (Å²) >= 11 is 9.76. The molecule has 0 unspecified atom stereocenters. The maximum absolute atomic E-state index is 11.9. The number of carbonyl (C=O) groups excluding carboxylic acids is 1. The van der Waals surface area contributed by atoms with Crippen LogP contribution in [0.2, 0.25) is 0 Å². The van der Waals surface area contributed by atoms with Crippen LogP contribution in [0.4, 0.5) is 11.4 Å². The Balaban J connectivity index is 2.59. The molecule has 1 aromatic rings. The van der Waals surface area contributed by atoms with Crippen LogP contribution in [-0.4, -0.2) is 38.9 Å². The largest absolute Gasteiger partial charge is 0.358 e. The third-order valence-corrected chi connectivity index (χ3v) is 4.97. The number of amides is 1. The molecule has 0 atom stereocenters. The van der Waals surface area contributed by atoms with E-state index in [0.29, 0.717) is 14.5 Å². The molecule has 120 valence electrons. The fourth-order valence-corrected chi connectivity index (χ4v) is 3.27. The van der Waals surface area contributed by atoms with Crippen LogP contribution in [0.25, 0.3) is 0 Å². The van der Waals surface area contributed by atoms with Gasteiger partial charge in [0.05, 0.1) is 16.4 Å². The first kappa shape index (κ1) is 18.9. The molecule has 0 heterocycles. The second kappa shape index (κ2) is 9.06. The zero-order chi connectivity index (χ0) is 16.7. The van der Waals surface area contributed by atoms with Crippen LogP contribution in [0.3, 0.4) is 0 Å². The average molecular weight is 406 g/mol. The van der Waals surface area contributed by atoms with E-state index in [9.17, 15) is 14.9 Å². The summed E-state index contributed by atoms with van der Waals surface area (Å²) in [4.78, 5) is 24.1. The van der Waals surface area contributed by atoms with Gasteiger partial charge in [-0.25, -0.2) is 0 Å². The summed E-state index contributed by atoms with van der Waals surface area (Å²) in [5, 5.41) is 13.4. The third kappa shape index (κ3) is 5.54. The van der Waals surface area contributed by atoms with Gasteiger partial charge >= 0.3 is 0 Å². The maximum Gasteiger partial charge on any atom is 0.270 e. The quantitative estimate of drug-likeness (QED) is 0.442.